The first-order valence-electron chi connectivity index (χ1n) is 7.38. The Balaban J connectivity index is 2.55. The normalized spacial score (nSPS) is 11.7. The standard InChI is InChI=1S/C15H26N2O2S2/c1-3-9-16-13-14-7-6-8-15(12-14)21(18,19)17-10-4-5-11-20-2/h6-8,12,16-17H,3-5,9-11,13H2,1-2H3. The predicted octanol–water partition coefficient (Wildman–Crippen LogP) is 2.61. The fourth-order valence-corrected chi connectivity index (χ4v) is 3.53. The van der Waals surface area contributed by atoms with Gasteiger partial charge in [-0.15, -0.1) is 0 Å². The van der Waals surface area contributed by atoms with Crippen LogP contribution in [-0.2, 0) is 16.6 Å². The van der Waals surface area contributed by atoms with E-state index in [2.05, 4.69) is 23.2 Å². The summed E-state index contributed by atoms with van der Waals surface area (Å²) in [5.74, 6) is 1.07. The second kappa shape index (κ2) is 10.2. The number of rotatable bonds is 11. The van der Waals surface area contributed by atoms with Gasteiger partial charge in [-0.3, -0.25) is 0 Å². The third kappa shape index (κ3) is 7.31. The Morgan fingerprint density at radius 1 is 1.19 bits per heavy atom. The number of nitrogens with one attached hydrogen (secondary N) is 2. The molecule has 0 heterocycles. The molecule has 0 saturated carbocycles. The van der Waals surface area contributed by atoms with Crippen LogP contribution in [0.15, 0.2) is 29.2 Å². The molecule has 0 bridgehead atoms. The SMILES string of the molecule is CCCNCc1cccc(S(=O)(=O)NCCCCSC)c1. The average molecular weight is 331 g/mol. The predicted molar refractivity (Wildman–Crippen MR) is 91.2 cm³/mol. The van der Waals surface area contributed by atoms with Gasteiger partial charge in [-0.05, 0) is 55.5 Å². The van der Waals surface area contributed by atoms with Gasteiger partial charge in [-0.1, -0.05) is 19.1 Å². The van der Waals surface area contributed by atoms with Gasteiger partial charge in [0.2, 0.25) is 10.0 Å². The van der Waals surface area contributed by atoms with E-state index >= 15 is 0 Å². The second-order valence-corrected chi connectivity index (χ2v) is 7.67. The minimum atomic E-state index is -3.39. The van der Waals surface area contributed by atoms with Crippen LogP contribution in [-0.4, -0.2) is 33.5 Å². The lowest BCUT2D eigenvalue weighted by atomic mass is 10.2. The molecule has 0 spiro atoms. The van der Waals surface area contributed by atoms with Crippen molar-refractivity contribution >= 4 is 21.8 Å². The molecule has 120 valence electrons. The summed E-state index contributed by atoms with van der Waals surface area (Å²) in [7, 11) is -3.39. The van der Waals surface area contributed by atoms with Crippen LogP contribution in [0, 0.1) is 0 Å². The highest BCUT2D eigenvalue weighted by Crippen LogP contribution is 2.11. The number of sulfonamides is 1. The van der Waals surface area contributed by atoms with Crippen LogP contribution in [0.5, 0.6) is 0 Å². The van der Waals surface area contributed by atoms with E-state index in [1.165, 1.54) is 0 Å². The lowest BCUT2D eigenvalue weighted by Gasteiger charge is -2.09. The van der Waals surface area contributed by atoms with Crippen LogP contribution in [0.3, 0.4) is 0 Å². The maximum atomic E-state index is 12.2. The molecular formula is C15H26N2O2S2. The topological polar surface area (TPSA) is 58.2 Å². The molecule has 0 aliphatic heterocycles. The van der Waals surface area contributed by atoms with Crippen molar-refractivity contribution in [3.63, 3.8) is 0 Å². The molecule has 0 amide bonds. The Bertz CT molecular complexity index is 504. The van der Waals surface area contributed by atoms with Gasteiger partial charge >= 0.3 is 0 Å². The summed E-state index contributed by atoms with van der Waals surface area (Å²) in [6, 6.07) is 7.13. The van der Waals surface area contributed by atoms with E-state index in [4.69, 9.17) is 0 Å². The van der Waals surface area contributed by atoms with Gasteiger partial charge in [0, 0.05) is 13.1 Å². The van der Waals surface area contributed by atoms with Crippen molar-refractivity contribution in [3.8, 4) is 0 Å². The molecule has 4 nitrogen and oxygen atoms in total. The first-order valence-corrected chi connectivity index (χ1v) is 10.3. The smallest absolute Gasteiger partial charge is 0.240 e. The molecule has 1 rings (SSSR count). The third-order valence-electron chi connectivity index (χ3n) is 3.03. The highest BCUT2D eigenvalue weighted by molar-refractivity contribution is 7.98. The third-order valence-corrected chi connectivity index (χ3v) is 5.19. The van der Waals surface area contributed by atoms with Crippen molar-refractivity contribution in [2.75, 3.05) is 25.1 Å². The second-order valence-electron chi connectivity index (χ2n) is 4.92. The van der Waals surface area contributed by atoms with Crippen LogP contribution < -0.4 is 10.0 Å². The fourth-order valence-electron chi connectivity index (χ4n) is 1.89. The maximum Gasteiger partial charge on any atom is 0.240 e. The fraction of sp³-hybridized carbons (Fsp3) is 0.600. The van der Waals surface area contributed by atoms with Gasteiger partial charge in [0.15, 0.2) is 0 Å². The molecule has 0 fully saturated rings. The van der Waals surface area contributed by atoms with Gasteiger partial charge in [0.1, 0.15) is 0 Å². The summed E-state index contributed by atoms with van der Waals surface area (Å²) in [5.41, 5.74) is 0.994. The zero-order valence-electron chi connectivity index (χ0n) is 12.9. The largest absolute Gasteiger partial charge is 0.313 e. The Morgan fingerprint density at radius 2 is 2.00 bits per heavy atom. The number of benzene rings is 1. The van der Waals surface area contributed by atoms with Crippen molar-refractivity contribution in [2.24, 2.45) is 0 Å². The maximum absolute atomic E-state index is 12.2. The van der Waals surface area contributed by atoms with E-state index in [1.807, 2.05) is 6.07 Å². The van der Waals surface area contributed by atoms with E-state index in [0.717, 1.165) is 37.1 Å². The molecule has 0 aromatic heterocycles. The van der Waals surface area contributed by atoms with Crippen molar-refractivity contribution in [3.05, 3.63) is 29.8 Å². The van der Waals surface area contributed by atoms with Crippen molar-refractivity contribution in [2.45, 2.75) is 37.6 Å². The quantitative estimate of drug-likeness (QED) is 0.612. The molecule has 2 N–H and O–H groups in total. The summed E-state index contributed by atoms with van der Waals surface area (Å²) < 4.78 is 27.1. The lowest BCUT2D eigenvalue weighted by molar-refractivity contribution is 0.578. The van der Waals surface area contributed by atoms with Crippen LogP contribution in [0.4, 0.5) is 0 Å². The summed E-state index contributed by atoms with van der Waals surface area (Å²) in [6.45, 7) is 4.24. The molecule has 21 heavy (non-hydrogen) atoms. The number of unbranched alkanes of at least 4 members (excludes halogenated alkanes) is 1. The van der Waals surface area contributed by atoms with Gasteiger partial charge < -0.3 is 5.32 Å². The van der Waals surface area contributed by atoms with Crippen LogP contribution >= 0.6 is 11.8 Å². The Hall–Kier alpha value is -0.560. The molecule has 0 aliphatic carbocycles. The minimum Gasteiger partial charge on any atom is -0.313 e. The average Bonchev–Trinajstić information content (AvgIpc) is 2.48. The summed E-state index contributed by atoms with van der Waals surface area (Å²) in [4.78, 5) is 0.350. The van der Waals surface area contributed by atoms with Gasteiger partial charge in [0.25, 0.3) is 0 Å². The number of thioether (sulfide) groups is 1. The highest BCUT2D eigenvalue weighted by atomic mass is 32.2. The van der Waals surface area contributed by atoms with E-state index in [9.17, 15) is 8.42 Å². The van der Waals surface area contributed by atoms with Crippen molar-refractivity contribution in [1.82, 2.24) is 10.0 Å². The van der Waals surface area contributed by atoms with E-state index in [-0.39, 0.29) is 0 Å². The zero-order valence-corrected chi connectivity index (χ0v) is 14.5. The monoisotopic (exact) mass is 330 g/mol. The molecule has 1 aromatic rings. The van der Waals surface area contributed by atoms with E-state index < -0.39 is 10.0 Å². The minimum absolute atomic E-state index is 0.350. The Kier molecular flexibility index (Phi) is 8.99. The summed E-state index contributed by atoms with van der Waals surface area (Å²) in [5, 5.41) is 3.28. The number of hydrogen-bond acceptors (Lipinski definition) is 4. The van der Waals surface area contributed by atoms with Gasteiger partial charge in [0.05, 0.1) is 4.90 Å². The summed E-state index contributed by atoms with van der Waals surface area (Å²) in [6.07, 6.45) is 5.03. The highest BCUT2D eigenvalue weighted by Gasteiger charge is 2.13. The number of hydrogen-bond donors (Lipinski definition) is 2. The lowest BCUT2D eigenvalue weighted by Crippen LogP contribution is -2.25. The molecule has 0 unspecified atom stereocenters. The van der Waals surface area contributed by atoms with Crippen LogP contribution in [0.25, 0.3) is 0 Å². The molecule has 0 atom stereocenters. The molecule has 0 radical (unpaired) electrons. The van der Waals surface area contributed by atoms with E-state index in [0.29, 0.717) is 18.0 Å². The Morgan fingerprint density at radius 3 is 2.71 bits per heavy atom. The van der Waals surface area contributed by atoms with Gasteiger partial charge in [-0.2, -0.15) is 11.8 Å². The molecular weight excluding hydrogens is 304 g/mol. The molecule has 0 aliphatic rings. The van der Waals surface area contributed by atoms with Gasteiger partial charge in [-0.25, -0.2) is 13.1 Å². The zero-order chi connectivity index (χ0) is 15.6. The molecule has 6 heteroatoms. The Labute approximate surface area is 133 Å². The molecule has 1 aromatic carbocycles. The van der Waals surface area contributed by atoms with Crippen molar-refractivity contribution < 1.29 is 8.42 Å². The first kappa shape index (κ1) is 18.5. The van der Waals surface area contributed by atoms with E-state index in [1.54, 1.807) is 30.0 Å². The first-order chi connectivity index (χ1) is 10.1. The molecule has 0 saturated heterocycles. The van der Waals surface area contributed by atoms with Crippen molar-refractivity contribution in [1.29, 1.82) is 0 Å². The van der Waals surface area contributed by atoms with Crippen LogP contribution in [0.1, 0.15) is 31.7 Å². The van der Waals surface area contributed by atoms with Crippen LogP contribution in [0.2, 0.25) is 0 Å². The summed E-state index contributed by atoms with van der Waals surface area (Å²) >= 11 is 1.78.